The molecule has 2 aromatic carbocycles. The summed E-state index contributed by atoms with van der Waals surface area (Å²) in [5.41, 5.74) is 0.569. The maximum Gasteiger partial charge on any atom is 0.286 e. The third-order valence-electron chi connectivity index (χ3n) is 5.78. The third-order valence-corrected chi connectivity index (χ3v) is 7.15. The molecular weight excluding hydrogens is 431 g/mol. The number of hydrogen-bond acceptors (Lipinski definition) is 5. The van der Waals surface area contributed by atoms with Crippen molar-refractivity contribution >= 4 is 33.1 Å². The first kappa shape index (κ1) is 22.3. The molecule has 2 aliphatic rings. The molecular formula is C23H27FN4O3S. The Morgan fingerprint density at radius 3 is 2.44 bits per heavy atom. The predicted octanol–water partition coefficient (Wildman–Crippen LogP) is 3.49. The second kappa shape index (κ2) is 8.54. The van der Waals surface area contributed by atoms with Crippen LogP contribution < -0.4 is 10.2 Å². The monoisotopic (exact) mass is 458 g/mol. The SMILES string of the molecule is CC(C)(CC(=O)N1CCN(c2ccccc2F)CC1)CC1=NS(=O)(=O)c2ccccc2N1. The maximum atomic E-state index is 14.0. The van der Waals surface area contributed by atoms with Gasteiger partial charge >= 0.3 is 0 Å². The molecule has 9 heteroatoms. The maximum absolute atomic E-state index is 14.0. The first-order chi connectivity index (χ1) is 15.1. The fourth-order valence-corrected chi connectivity index (χ4v) is 5.33. The zero-order valence-electron chi connectivity index (χ0n) is 18.2. The summed E-state index contributed by atoms with van der Waals surface area (Å²) in [5.74, 6) is 0.0828. The number of anilines is 2. The van der Waals surface area contributed by atoms with Crippen molar-refractivity contribution in [3.8, 4) is 0 Å². The number of nitrogens with one attached hydrogen (secondary N) is 1. The number of sulfonamides is 1. The van der Waals surface area contributed by atoms with E-state index in [0.29, 0.717) is 49.8 Å². The first-order valence-corrected chi connectivity index (χ1v) is 12.1. The number of carbonyl (C=O) groups is 1. The van der Waals surface area contributed by atoms with Gasteiger partial charge in [-0.05, 0) is 29.7 Å². The summed E-state index contributed by atoms with van der Waals surface area (Å²) in [4.78, 5) is 16.8. The van der Waals surface area contributed by atoms with Crippen LogP contribution in [-0.4, -0.2) is 51.2 Å². The molecule has 4 rings (SSSR count). The molecule has 0 saturated carbocycles. The number of amides is 1. The van der Waals surface area contributed by atoms with E-state index < -0.39 is 15.4 Å². The van der Waals surface area contributed by atoms with Crippen molar-refractivity contribution in [1.82, 2.24) is 4.90 Å². The Morgan fingerprint density at radius 1 is 1.06 bits per heavy atom. The lowest BCUT2D eigenvalue weighted by molar-refractivity contribution is -0.133. The van der Waals surface area contributed by atoms with Crippen LogP contribution in [0, 0.1) is 11.2 Å². The first-order valence-electron chi connectivity index (χ1n) is 10.6. The van der Waals surface area contributed by atoms with Gasteiger partial charge in [0, 0.05) is 39.0 Å². The molecule has 1 N–H and O–H groups in total. The zero-order chi connectivity index (χ0) is 22.9. The summed E-state index contributed by atoms with van der Waals surface area (Å²) < 4.78 is 42.9. The number of carbonyl (C=O) groups excluding carboxylic acids is 1. The molecule has 0 unspecified atom stereocenters. The van der Waals surface area contributed by atoms with E-state index in [0.717, 1.165) is 0 Å². The second-order valence-corrected chi connectivity index (χ2v) is 10.5. The molecule has 7 nitrogen and oxygen atoms in total. The minimum atomic E-state index is -3.75. The number of piperazine rings is 1. The van der Waals surface area contributed by atoms with Crippen molar-refractivity contribution in [3.63, 3.8) is 0 Å². The quantitative estimate of drug-likeness (QED) is 0.742. The smallest absolute Gasteiger partial charge is 0.286 e. The highest BCUT2D eigenvalue weighted by atomic mass is 32.2. The molecule has 2 heterocycles. The lowest BCUT2D eigenvalue weighted by atomic mass is 9.84. The largest absolute Gasteiger partial charge is 0.366 e. The molecule has 1 fully saturated rings. The normalized spacial score (nSPS) is 17.9. The van der Waals surface area contributed by atoms with Gasteiger partial charge in [-0.15, -0.1) is 4.40 Å². The van der Waals surface area contributed by atoms with Crippen LogP contribution in [0.3, 0.4) is 0 Å². The molecule has 0 bridgehead atoms. The van der Waals surface area contributed by atoms with Crippen molar-refractivity contribution in [2.24, 2.45) is 9.81 Å². The minimum absolute atomic E-state index is 0.00264. The van der Waals surface area contributed by atoms with Crippen LogP contribution in [-0.2, 0) is 14.8 Å². The topological polar surface area (TPSA) is 82.1 Å². The van der Waals surface area contributed by atoms with Crippen LogP contribution in [0.5, 0.6) is 0 Å². The number of benzene rings is 2. The Hall–Kier alpha value is -2.94. The predicted molar refractivity (Wildman–Crippen MR) is 123 cm³/mol. The van der Waals surface area contributed by atoms with E-state index in [1.807, 2.05) is 18.7 Å². The fraction of sp³-hybridized carbons (Fsp3) is 0.391. The Balaban J connectivity index is 1.36. The number of rotatable bonds is 5. The summed E-state index contributed by atoms with van der Waals surface area (Å²) in [6.07, 6.45) is 0.580. The lowest BCUT2D eigenvalue weighted by Gasteiger charge is -2.37. The van der Waals surface area contributed by atoms with Crippen LogP contribution in [0.1, 0.15) is 26.7 Å². The summed E-state index contributed by atoms with van der Waals surface area (Å²) in [5, 5.41) is 3.09. The van der Waals surface area contributed by atoms with E-state index in [1.54, 1.807) is 41.3 Å². The van der Waals surface area contributed by atoms with E-state index in [4.69, 9.17) is 0 Å². The summed E-state index contributed by atoms with van der Waals surface area (Å²) in [7, 11) is -3.75. The lowest BCUT2D eigenvalue weighted by Crippen LogP contribution is -2.49. The standard InChI is InChI=1S/C23H27FN4O3S/c1-23(2,15-21-25-18-8-4-6-10-20(18)32(30,31)26-21)16-22(29)28-13-11-27(12-14-28)19-9-5-3-7-17(19)24/h3-10H,11-16H2,1-2H3,(H,25,26). The summed E-state index contributed by atoms with van der Waals surface area (Å²) in [6.45, 7) is 6.02. The van der Waals surface area contributed by atoms with Crippen molar-refractivity contribution < 1.29 is 17.6 Å². The molecule has 0 aliphatic carbocycles. The van der Waals surface area contributed by atoms with Gasteiger partial charge in [0.05, 0.1) is 11.4 Å². The highest BCUT2D eigenvalue weighted by Crippen LogP contribution is 2.32. The van der Waals surface area contributed by atoms with E-state index >= 15 is 0 Å². The fourth-order valence-electron chi connectivity index (χ4n) is 4.19. The van der Waals surface area contributed by atoms with Crippen LogP contribution >= 0.6 is 0 Å². The van der Waals surface area contributed by atoms with Gasteiger partial charge in [0.2, 0.25) is 5.91 Å². The average molecular weight is 459 g/mol. The highest BCUT2D eigenvalue weighted by molar-refractivity contribution is 7.90. The number of halogens is 1. The number of hydrogen-bond donors (Lipinski definition) is 1. The second-order valence-electron chi connectivity index (χ2n) is 8.97. The molecule has 0 atom stereocenters. The van der Waals surface area contributed by atoms with E-state index in [9.17, 15) is 17.6 Å². The van der Waals surface area contributed by atoms with Gasteiger partial charge in [-0.3, -0.25) is 4.79 Å². The van der Waals surface area contributed by atoms with Crippen LogP contribution in [0.25, 0.3) is 0 Å². The molecule has 0 spiro atoms. The van der Waals surface area contributed by atoms with Crippen LogP contribution in [0.15, 0.2) is 57.8 Å². The zero-order valence-corrected chi connectivity index (χ0v) is 19.0. The van der Waals surface area contributed by atoms with Gasteiger partial charge in [0.15, 0.2) is 0 Å². The molecule has 1 amide bonds. The minimum Gasteiger partial charge on any atom is -0.366 e. The average Bonchev–Trinajstić information content (AvgIpc) is 2.73. The van der Waals surface area contributed by atoms with Crippen molar-refractivity contribution in [2.45, 2.75) is 31.6 Å². The Labute approximate surface area is 188 Å². The van der Waals surface area contributed by atoms with Gasteiger partial charge in [-0.1, -0.05) is 38.1 Å². The van der Waals surface area contributed by atoms with E-state index in [1.165, 1.54) is 12.1 Å². The third kappa shape index (κ3) is 4.77. The molecule has 0 radical (unpaired) electrons. The molecule has 32 heavy (non-hydrogen) atoms. The van der Waals surface area contributed by atoms with Gasteiger partial charge in [0.1, 0.15) is 16.5 Å². The Bertz CT molecular complexity index is 1160. The molecule has 170 valence electrons. The Morgan fingerprint density at radius 2 is 1.72 bits per heavy atom. The number of para-hydroxylation sites is 2. The van der Waals surface area contributed by atoms with E-state index in [2.05, 4.69) is 9.71 Å². The molecule has 2 aliphatic heterocycles. The van der Waals surface area contributed by atoms with Crippen LogP contribution in [0.4, 0.5) is 15.8 Å². The van der Waals surface area contributed by atoms with Gasteiger partial charge in [0.25, 0.3) is 10.0 Å². The molecule has 0 aromatic heterocycles. The number of fused-ring (bicyclic) bond motifs is 1. The Kier molecular flexibility index (Phi) is 5.94. The molecule has 1 saturated heterocycles. The number of nitrogens with zero attached hydrogens (tertiary/aromatic N) is 3. The summed E-state index contributed by atoms with van der Waals surface area (Å²) >= 11 is 0. The van der Waals surface area contributed by atoms with Crippen LogP contribution in [0.2, 0.25) is 0 Å². The van der Waals surface area contributed by atoms with Gasteiger partial charge in [-0.2, -0.15) is 8.42 Å². The highest BCUT2D eigenvalue weighted by Gasteiger charge is 2.32. The van der Waals surface area contributed by atoms with Crippen molar-refractivity contribution in [2.75, 3.05) is 36.4 Å². The van der Waals surface area contributed by atoms with Gasteiger partial charge < -0.3 is 15.1 Å². The molecule has 2 aromatic rings. The number of amidine groups is 1. The van der Waals surface area contributed by atoms with Crippen molar-refractivity contribution in [1.29, 1.82) is 0 Å². The van der Waals surface area contributed by atoms with Gasteiger partial charge in [-0.25, -0.2) is 4.39 Å². The van der Waals surface area contributed by atoms with Crippen molar-refractivity contribution in [3.05, 3.63) is 54.3 Å². The summed E-state index contributed by atoms with van der Waals surface area (Å²) in [6, 6.07) is 13.3. The van der Waals surface area contributed by atoms with E-state index in [-0.39, 0.29) is 23.0 Å².